The molecule has 0 radical (unpaired) electrons. The van der Waals surface area contributed by atoms with Crippen molar-refractivity contribution in [2.75, 3.05) is 18.4 Å². The minimum atomic E-state index is -0.230. The molecule has 1 fully saturated rings. The molecule has 3 aromatic rings. The number of rotatable bonds is 4. The number of amides is 2. The zero-order chi connectivity index (χ0) is 20.2. The van der Waals surface area contributed by atoms with Gasteiger partial charge in [-0.25, -0.2) is 0 Å². The lowest BCUT2D eigenvalue weighted by molar-refractivity contribution is -0.121. The lowest BCUT2D eigenvalue weighted by Crippen LogP contribution is -2.43. The Morgan fingerprint density at radius 2 is 2.03 bits per heavy atom. The molecule has 1 unspecified atom stereocenters. The van der Waals surface area contributed by atoms with Gasteiger partial charge in [0.2, 0.25) is 5.91 Å². The largest absolute Gasteiger partial charge is 0.337 e. The summed E-state index contributed by atoms with van der Waals surface area (Å²) >= 11 is 0. The van der Waals surface area contributed by atoms with Crippen LogP contribution in [0.3, 0.4) is 0 Å². The average Bonchev–Trinajstić information content (AvgIpc) is 3.24. The minimum Gasteiger partial charge on any atom is -0.337 e. The second-order valence-electron chi connectivity index (χ2n) is 7.33. The monoisotopic (exact) mass is 389 g/mol. The van der Waals surface area contributed by atoms with Crippen molar-refractivity contribution in [2.24, 2.45) is 5.92 Å². The first-order chi connectivity index (χ1) is 14.1. The standard InChI is InChI=1S/C22H23N5O2/c1-15-6-4-8-17(12-15)24-21(28)16-7-5-11-27(14-16)22(29)20-13-19(25-26-20)18-9-2-3-10-23-18/h2-4,6,8-10,12-13,16H,5,7,11,14H2,1H3,(H,24,28)(H,25,26). The zero-order valence-electron chi connectivity index (χ0n) is 16.3. The van der Waals surface area contributed by atoms with Gasteiger partial charge >= 0.3 is 0 Å². The molecule has 1 aliphatic rings. The van der Waals surface area contributed by atoms with E-state index < -0.39 is 0 Å². The molecule has 3 heterocycles. The van der Waals surface area contributed by atoms with Gasteiger partial charge in [0.15, 0.2) is 0 Å². The van der Waals surface area contributed by atoms with E-state index in [0.717, 1.165) is 24.1 Å². The Labute approximate surface area is 169 Å². The van der Waals surface area contributed by atoms with E-state index in [9.17, 15) is 9.59 Å². The van der Waals surface area contributed by atoms with Crippen LogP contribution in [-0.2, 0) is 4.79 Å². The third kappa shape index (κ3) is 4.34. The van der Waals surface area contributed by atoms with E-state index in [1.54, 1.807) is 17.2 Å². The maximum absolute atomic E-state index is 12.9. The number of pyridine rings is 1. The number of carbonyl (C=O) groups is 2. The Kier molecular flexibility index (Phi) is 5.37. The molecule has 1 atom stereocenters. The number of aryl methyl sites for hydroxylation is 1. The quantitative estimate of drug-likeness (QED) is 0.716. The predicted molar refractivity (Wildman–Crippen MR) is 110 cm³/mol. The van der Waals surface area contributed by atoms with Crippen LogP contribution in [0.1, 0.15) is 28.9 Å². The third-order valence-electron chi connectivity index (χ3n) is 5.10. The highest BCUT2D eigenvalue weighted by Gasteiger charge is 2.29. The van der Waals surface area contributed by atoms with Crippen LogP contribution in [0.2, 0.25) is 0 Å². The highest BCUT2D eigenvalue weighted by molar-refractivity contribution is 5.95. The second-order valence-corrected chi connectivity index (χ2v) is 7.33. The number of aromatic amines is 1. The number of hydrogen-bond acceptors (Lipinski definition) is 4. The van der Waals surface area contributed by atoms with Gasteiger partial charge in [0, 0.05) is 25.0 Å². The van der Waals surface area contributed by atoms with E-state index in [1.807, 2.05) is 49.4 Å². The number of aromatic nitrogens is 3. The Hall–Kier alpha value is -3.48. The molecule has 1 aromatic carbocycles. The van der Waals surface area contributed by atoms with Gasteiger partial charge in [-0.2, -0.15) is 5.10 Å². The average molecular weight is 389 g/mol. The van der Waals surface area contributed by atoms with Gasteiger partial charge in [-0.3, -0.25) is 19.7 Å². The molecular formula is C22H23N5O2. The summed E-state index contributed by atoms with van der Waals surface area (Å²) in [5.74, 6) is -0.425. The van der Waals surface area contributed by atoms with Crippen LogP contribution < -0.4 is 5.32 Å². The summed E-state index contributed by atoms with van der Waals surface area (Å²) in [5.41, 5.74) is 3.61. The number of anilines is 1. The van der Waals surface area contributed by atoms with Crippen molar-refractivity contribution in [1.29, 1.82) is 0 Å². The lowest BCUT2D eigenvalue weighted by Gasteiger charge is -2.31. The fourth-order valence-electron chi connectivity index (χ4n) is 3.59. The summed E-state index contributed by atoms with van der Waals surface area (Å²) in [7, 11) is 0. The SMILES string of the molecule is Cc1cccc(NC(=O)C2CCCN(C(=O)c3cc(-c4ccccn4)n[nH]3)C2)c1. The molecule has 0 spiro atoms. The third-order valence-corrected chi connectivity index (χ3v) is 5.10. The molecule has 2 N–H and O–H groups in total. The summed E-state index contributed by atoms with van der Waals surface area (Å²) in [6.45, 7) is 3.01. The highest BCUT2D eigenvalue weighted by atomic mass is 16.2. The molecule has 0 saturated carbocycles. The van der Waals surface area contributed by atoms with Gasteiger partial charge in [-0.05, 0) is 55.7 Å². The van der Waals surface area contributed by atoms with Gasteiger partial charge in [0.05, 0.1) is 11.6 Å². The van der Waals surface area contributed by atoms with Crippen LogP contribution in [0, 0.1) is 12.8 Å². The maximum atomic E-state index is 12.9. The number of hydrogen-bond donors (Lipinski definition) is 2. The highest BCUT2D eigenvalue weighted by Crippen LogP contribution is 2.22. The first-order valence-corrected chi connectivity index (χ1v) is 9.74. The van der Waals surface area contributed by atoms with E-state index in [2.05, 4.69) is 20.5 Å². The van der Waals surface area contributed by atoms with Crippen LogP contribution in [0.15, 0.2) is 54.7 Å². The molecule has 0 bridgehead atoms. The summed E-state index contributed by atoms with van der Waals surface area (Å²) in [6.07, 6.45) is 3.25. The second kappa shape index (κ2) is 8.26. The van der Waals surface area contributed by atoms with Crippen molar-refractivity contribution in [3.8, 4) is 11.4 Å². The molecule has 2 aromatic heterocycles. The Morgan fingerprint density at radius 3 is 2.83 bits per heavy atom. The minimum absolute atomic E-state index is 0.0492. The summed E-state index contributed by atoms with van der Waals surface area (Å²) in [5, 5.41) is 9.99. The first kappa shape index (κ1) is 18.9. The van der Waals surface area contributed by atoms with Crippen molar-refractivity contribution >= 4 is 17.5 Å². The first-order valence-electron chi connectivity index (χ1n) is 9.74. The number of piperidine rings is 1. The number of carbonyl (C=O) groups excluding carboxylic acids is 2. The fraction of sp³-hybridized carbons (Fsp3) is 0.273. The van der Waals surface area contributed by atoms with Crippen LogP contribution >= 0.6 is 0 Å². The molecule has 7 heteroatoms. The Morgan fingerprint density at radius 1 is 1.14 bits per heavy atom. The van der Waals surface area contributed by atoms with Gasteiger partial charge < -0.3 is 10.2 Å². The molecular weight excluding hydrogens is 366 g/mol. The topological polar surface area (TPSA) is 91.0 Å². The van der Waals surface area contributed by atoms with Gasteiger partial charge in [0.25, 0.3) is 5.91 Å². The predicted octanol–water partition coefficient (Wildman–Crippen LogP) is 3.27. The van der Waals surface area contributed by atoms with Gasteiger partial charge in [0.1, 0.15) is 11.4 Å². The maximum Gasteiger partial charge on any atom is 0.271 e. The molecule has 29 heavy (non-hydrogen) atoms. The van der Waals surface area contributed by atoms with E-state index >= 15 is 0 Å². The van der Waals surface area contributed by atoms with Crippen molar-refractivity contribution < 1.29 is 9.59 Å². The molecule has 2 amide bonds. The van der Waals surface area contributed by atoms with Crippen LogP contribution in [-0.4, -0.2) is 45.0 Å². The van der Waals surface area contributed by atoms with Crippen LogP contribution in [0.4, 0.5) is 5.69 Å². The zero-order valence-corrected chi connectivity index (χ0v) is 16.3. The summed E-state index contributed by atoms with van der Waals surface area (Å²) in [6, 6.07) is 15.0. The number of benzene rings is 1. The Balaban J connectivity index is 1.42. The molecule has 4 rings (SSSR count). The van der Waals surface area contributed by atoms with E-state index in [-0.39, 0.29) is 17.7 Å². The summed E-state index contributed by atoms with van der Waals surface area (Å²) in [4.78, 5) is 31.6. The smallest absolute Gasteiger partial charge is 0.271 e. The van der Waals surface area contributed by atoms with E-state index in [4.69, 9.17) is 0 Å². The van der Waals surface area contributed by atoms with Crippen LogP contribution in [0.5, 0.6) is 0 Å². The number of likely N-dealkylation sites (tertiary alicyclic amines) is 1. The Bertz CT molecular complexity index is 1010. The van der Waals surface area contributed by atoms with Crippen molar-refractivity contribution in [3.63, 3.8) is 0 Å². The number of nitrogens with zero attached hydrogens (tertiary/aromatic N) is 3. The molecule has 0 aliphatic carbocycles. The van der Waals surface area contributed by atoms with Crippen molar-refractivity contribution in [2.45, 2.75) is 19.8 Å². The van der Waals surface area contributed by atoms with Crippen molar-refractivity contribution in [1.82, 2.24) is 20.1 Å². The summed E-state index contributed by atoms with van der Waals surface area (Å²) < 4.78 is 0. The van der Waals surface area contributed by atoms with E-state index in [0.29, 0.717) is 30.2 Å². The van der Waals surface area contributed by atoms with E-state index in [1.165, 1.54) is 0 Å². The van der Waals surface area contributed by atoms with Crippen LogP contribution in [0.25, 0.3) is 11.4 Å². The molecule has 1 saturated heterocycles. The normalized spacial score (nSPS) is 16.4. The number of H-pyrrole nitrogens is 1. The van der Waals surface area contributed by atoms with Crippen molar-refractivity contribution in [3.05, 3.63) is 66.0 Å². The van der Waals surface area contributed by atoms with Gasteiger partial charge in [-0.15, -0.1) is 0 Å². The number of nitrogens with one attached hydrogen (secondary N) is 2. The van der Waals surface area contributed by atoms with Gasteiger partial charge in [-0.1, -0.05) is 18.2 Å². The molecule has 1 aliphatic heterocycles. The lowest BCUT2D eigenvalue weighted by atomic mass is 9.96. The molecule has 148 valence electrons. The molecule has 7 nitrogen and oxygen atoms in total. The fourth-order valence-corrected chi connectivity index (χ4v) is 3.59.